The minimum absolute atomic E-state index is 0.199. The highest BCUT2D eigenvalue weighted by Crippen LogP contribution is 2.19. The van der Waals surface area contributed by atoms with Gasteiger partial charge in [0.25, 0.3) is 5.78 Å². The molecule has 1 unspecified atom stereocenters. The summed E-state index contributed by atoms with van der Waals surface area (Å²) in [6, 6.07) is 10.5. The topological polar surface area (TPSA) is 75.4 Å². The number of amides is 1. The van der Waals surface area contributed by atoms with Crippen molar-refractivity contribution in [1.29, 1.82) is 0 Å². The Kier molecular flexibility index (Phi) is 4.75. The summed E-state index contributed by atoms with van der Waals surface area (Å²) in [5.41, 5.74) is 4.12. The van der Waals surface area contributed by atoms with Crippen molar-refractivity contribution in [2.45, 2.75) is 39.2 Å². The van der Waals surface area contributed by atoms with E-state index >= 15 is 0 Å². The fourth-order valence-electron chi connectivity index (χ4n) is 3.78. The average Bonchev–Trinajstić information content (AvgIpc) is 3.32. The molecule has 7 heteroatoms. The Morgan fingerprint density at radius 1 is 1.26 bits per heavy atom. The van der Waals surface area contributed by atoms with Crippen LogP contribution in [0.1, 0.15) is 29.8 Å². The molecule has 3 heterocycles. The maximum atomic E-state index is 12.7. The molecular weight excluding hydrogens is 340 g/mol. The van der Waals surface area contributed by atoms with Crippen molar-refractivity contribution in [2.75, 3.05) is 18.4 Å². The number of anilines is 1. The monoisotopic (exact) mass is 364 g/mol. The summed E-state index contributed by atoms with van der Waals surface area (Å²) in [5, 5.41) is 7.73. The van der Waals surface area contributed by atoms with Crippen LogP contribution in [0.25, 0.3) is 5.78 Å². The van der Waals surface area contributed by atoms with E-state index in [0.29, 0.717) is 24.7 Å². The summed E-state index contributed by atoms with van der Waals surface area (Å²) in [5.74, 6) is 0.805. The molecule has 0 aliphatic carbocycles. The predicted octanol–water partition coefficient (Wildman–Crippen LogP) is 2.39. The molecule has 1 aromatic carbocycles. The number of aromatic nitrogens is 4. The van der Waals surface area contributed by atoms with E-state index in [9.17, 15) is 4.79 Å². The van der Waals surface area contributed by atoms with E-state index in [4.69, 9.17) is 0 Å². The summed E-state index contributed by atoms with van der Waals surface area (Å²) in [6.07, 6.45) is 3.65. The number of hydrogen-bond acceptors (Lipinski definition) is 5. The van der Waals surface area contributed by atoms with Crippen molar-refractivity contribution in [3.05, 3.63) is 53.6 Å². The van der Waals surface area contributed by atoms with E-state index in [2.05, 4.69) is 32.5 Å². The lowest BCUT2D eigenvalue weighted by Crippen LogP contribution is -2.31. The number of nitrogens with zero attached hydrogens (tertiary/aromatic N) is 5. The maximum Gasteiger partial charge on any atom is 0.252 e. The van der Waals surface area contributed by atoms with Crippen molar-refractivity contribution in [2.24, 2.45) is 0 Å². The number of carbonyl (C=O) groups is 1. The average molecular weight is 364 g/mol. The number of carbonyl (C=O) groups excluding carboxylic acids is 1. The number of hydrogen-bond donors (Lipinski definition) is 1. The van der Waals surface area contributed by atoms with E-state index < -0.39 is 0 Å². The molecule has 1 aliphatic rings. The number of fused-ring (bicyclic) bond motifs is 1. The van der Waals surface area contributed by atoms with Gasteiger partial charge in [-0.1, -0.05) is 18.2 Å². The van der Waals surface area contributed by atoms with Crippen molar-refractivity contribution in [3.8, 4) is 0 Å². The molecule has 1 saturated heterocycles. The van der Waals surface area contributed by atoms with E-state index in [0.717, 1.165) is 42.1 Å². The minimum atomic E-state index is 0.199. The van der Waals surface area contributed by atoms with E-state index in [1.165, 1.54) is 6.33 Å². The van der Waals surface area contributed by atoms with Gasteiger partial charge in [0.15, 0.2) is 0 Å². The molecule has 140 valence electrons. The minimum Gasteiger partial charge on any atom is -0.380 e. The standard InChI is InChI=1S/C20H24N6O/c1-14-18(15(2)26-20(23-14)21-13-22-26)8-9-19(27)25-11-10-17(12-25)24-16-6-4-3-5-7-16/h3-7,13,17,24H,8-12H2,1-2H3. The van der Waals surface area contributed by atoms with Gasteiger partial charge in [-0.3, -0.25) is 4.79 Å². The van der Waals surface area contributed by atoms with Crippen LogP contribution in [-0.2, 0) is 11.2 Å². The molecule has 1 N–H and O–H groups in total. The van der Waals surface area contributed by atoms with Gasteiger partial charge >= 0.3 is 0 Å². The van der Waals surface area contributed by atoms with Gasteiger partial charge in [0.05, 0.1) is 0 Å². The Balaban J connectivity index is 1.36. The summed E-state index contributed by atoms with van der Waals surface area (Å²) >= 11 is 0. The number of likely N-dealkylation sites (tertiary alicyclic amines) is 1. The molecular formula is C20H24N6O. The van der Waals surface area contributed by atoms with Crippen LogP contribution in [0, 0.1) is 13.8 Å². The van der Waals surface area contributed by atoms with Gasteiger partial charge in [-0.15, -0.1) is 0 Å². The first-order chi connectivity index (χ1) is 13.1. The Labute approximate surface area is 158 Å². The Hall–Kier alpha value is -2.96. The van der Waals surface area contributed by atoms with E-state index in [1.807, 2.05) is 36.9 Å². The van der Waals surface area contributed by atoms with Gasteiger partial charge in [0, 0.05) is 42.6 Å². The van der Waals surface area contributed by atoms with Crippen molar-refractivity contribution >= 4 is 17.4 Å². The summed E-state index contributed by atoms with van der Waals surface area (Å²) in [6.45, 7) is 5.54. The zero-order valence-electron chi connectivity index (χ0n) is 15.7. The van der Waals surface area contributed by atoms with Crippen LogP contribution in [-0.4, -0.2) is 49.5 Å². The van der Waals surface area contributed by atoms with Gasteiger partial charge in [-0.05, 0) is 44.4 Å². The molecule has 2 aromatic heterocycles. The van der Waals surface area contributed by atoms with Crippen molar-refractivity contribution in [3.63, 3.8) is 0 Å². The van der Waals surface area contributed by atoms with Gasteiger partial charge < -0.3 is 10.2 Å². The first kappa shape index (κ1) is 17.5. The maximum absolute atomic E-state index is 12.7. The molecule has 27 heavy (non-hydrogen) atoms. The fourth-order valence-corrected chi connectivity index (χ4v) is 3.78. The second-order valence-corrected chi connectivity index (χ2v) is 7.07. The molecule has 1 amide bonds. The van der Waals surface area contributed by atoms with Gasteiger partial charge in [-0.25, -0.2) is 9.50 Å². The van der Waals surface area contributed by atoms with Gasteiger partial charge in [0.2, 0.25) is 5.91 Å². The number of aryl methyl sites for hydroxylation is 2. The highest BCUT2D eigenvalue weighted by atomic mass is 16.2. The third kappa shape index (κ3) is 3.63. The summed E-state index contributed by atoms with van der Waals surface area (Å²) in [7, 11) is 0. The molecule has 0 bridgehead atoms. The number of benzene rings is 1. The second-order valence-electron chi connectivity index (χ2n) is 7.07. The number of rotatable bonds is 5. The lowest BCUT2D eigenvalue weighted by Gasteiger charge is -2.18. The van der Waals surface area contributed by atoms with Crippen LogP contribution < -0.4 is 5.32 Å². The zero-order valence-corrected chi connectivity index (χ0v) is 15.7. The SMILES string of the molecule is Cc1nc2ncnn2c(C)c1CCC(=O)N1CCC(Nc2ccccc2)C1. The quantitative estimate of drug-likeness (QED) is 0.752. The van der Waals surface area contributed by atoms with Crippen LogP contribution in [0.3, 0.4) is 0 Å². The van der Waals surface area contributed by atoms with Crippen LogP contribution in [0.4, 0.5) is 5.69 Å². The third-order valence-electron chi connectivity index (χ3n) is 5.26. The number of para-hydroxylation sites is 1. The molecule has 4 rings (SSSR count). The molecule has 1 fully saturated rings. The van der Waals surface area contributed by atoms with Gasteiger partial charge in [-0.2, -0.15) is 10.1 Å². The fraction of sp³-hybridized carbons (Fsp3) is 0.400. The normalized spacial score (nSPS) is 16.8. The van der Waals surface area contributed by atoms with Crippen molar-refractivity contribution < 1.29 is 4.79 Å². The van der Waals surface area contributed by atoms with Crippen LogP contribution in [0.5, 0.6) is 0 Å². The largest absolute Gasteiger partial charge is 0.380 e. The Morgan fingerprint density at radius 2 is 2.07 bits per heavy atom. The van der Waals surface area contributed by atoms with Crippen LogP contribution in [0.15, 0.2) is 36.7 Å². The van der Waals surface area contributed by atoms with Crippen LogP contribution in [0.2, 0.25) is 0 Å². The first-order valence-electron chi connectivity index (χ1n) is 9.37. The van der Waals surface area contributed by atoms with Crippen molar-refractivity contribution in [1.82, 2.24) is 24.5 Å². The summed E-state index contributed by atoms with van der Waals surface area (Å²) < 4.78 is 1.74. The van der Waals surface area contributed by atoms with E-state index in [1.54, 1.807) is 4.52 Å². The van der Waals surface area contributed by atoms with E-state index in [-0.39, 0.29) is 5.91 Å². The number of nitrogens with one attached hydrogen (secondary N) is 1. The first-order valence-corrected chi connectivity index (χ1v) is 9.37. The molecule has 0 radical (unpaired) electrons. The lowest BCUT2D eigenvalue weighted by atomic mass is 10.1. The highest BCUT2D eigenvalue weighted by molar-refractivity contribution is 5.77. The Morgan fingerprint density at radius 3 is 2.89 bits per heavy atom. The molecule has 1 atom stereocenters. The molecule has 1 aliphatic heterocycles. The molecule has 3 aromatic rings. The lowest BCUT2D eigenvalue weighted by molar-refractivity contribution is -0.130. The third-order valence-corrected chi connectivity index (χ3v) is 5.26. The highest BCUT2D eigenvalue weighted by Gasteiger charge is 2.26. The van der Waals surface area contributed by atoms with Crippen LogP contribution >= 0.6 is 0 Å². The molecule has 7 nitrogen and oxygen atoms in total. The second kappa shape index (κ2) is 7.34. The zero-order chi connectivity index (χ0) is 18.8. The summed E-state index contributed by atoms with van der Waals surface area (Å²) in [4.78, 5) is 23.3. The predicted molar refractivity (Wildman–Crippen MR) is 104 cm³/mol. The molecule has 0 saturated carbocycles. The Bertz CT molecular complexity index is 952. The smallest absolute Gasteiger partial charge is 0.252 e. The van der Waals surface area contributed by atoms with Gasteiger partial charge in [0.1, 0.15) is 6.33 Å². The molecule has 0 spiro atoms.